The predicted octanol–water partition coefficient (Wildman–Crippen LogP) is 3.61. The van der Waals surface area contributed by atoms with Gasteiger partial charge in [-0.3, -0.25) is 14.4 Å². The number of hydrogen-bond donors (Lipinski definition) is 0. The Balaban J connectivity index is 1.66. The van der Waals surface area contributed by atoms with E-state index in [4.69, 9.17) is 4.74 Å². The minimum absolute atomic E-state index is 0.0870. The Kier molecular flexibility index (Phi) is 6.24. The summed E-state index contributed by atoms with van der Waals surface area (Å²) in [7, 11) is 0. The van der Waals surface area contributed by atoms with Crippen molar-refractivity contribution in [3.05, 3.63) is 58.9 Å². The molecule has 1 aromatic carbocycles. The van der Waals surface area contributed by atoms with Crippen molar-refractivity contribution >= 4 is 28.8 Å². The fourth-order valence-electron chi connectivity index (χ4n) is 3.53. The van der Waals surface area contributed by atoms with E-state index in [1.807, 2.05) is 38.1 Å². The Morgan fingerprint density at radius 3 is 2.57 bits per heavy atom. The smallest absolute Gasteiger partial charge is 0.326 e. The molecule has 0 N–H and O–H groups in total. The zero-order valence-corrected chi connectivity index (χ0v) is 17.1. The second kappa shape index (κ2) is 8.65. The Morgan fingerprint density at radius 1 is 1.21 bits per heavy atom. The summed E-state index contributed by atoms with van der Waals surface area (Å²) in [6, 6.07) is 12.0. The van der Waals surface area contributed by atoms with E-state index in [0.29, 0.717) is 17.9 Å². The monoisotopic (exact) mass is 400 g/mol. The molecule has 148 valence electrons. The molecule has 28 heavy (non-hydrogen) atoms. The minimum Gasteiger partial charge on any atom is -0.456 e. The van der Waals surface area contributed by atoms with Crippen LogP contribution in [0.4, 0.5) is 4.79 Å². The van der Waals surface area contributed by atoms with Crippen molar-refractivity contribution in [2.45, 2.75) is 26.8 Å². The molecule has 7 heteroatoms. The van der Waals surface area contributed by atoms with Gasteiger partial charge in [-0.25, -0.2) is 0 Å². The molecule has 1 aromatic heterocycles. The van der Waals surface area contributed by atoms with Gasteiger partial charge >= 0.3 is 5.97 Å². The van der Waals surface area contributed by atoms with Gasteiger partial charge in [0.25, 0.3) is 5.24 Å². The lowest BCUT2D eigenvalue weighted by atomic mass is 10.1. The Hall–Kier alpha value is -2.54. The SMILES string of the molecule is Cc1cc(C(=O)COC(=O)CN2CCSC2=O)c(C)n1[C@H](C)c1ccccc1. The Bertz CT molecular complexity index is 891. The summed E-state index contributed by atoms with van der Waals surface area (Å²) in [6.07, 6.45) is 0. The maximum Gasteiger partial charge on any atom is 0.326 e. The Labute approximate surface area is 168 Å². The maximum absolute atomic E-state index is 12.6. The van der Waals surface area contributed by atoms with Crippen molar-refractivity contribution in [2.24, 2.45) is 0 Å². The molecule has 0 bridgehead atoms. The molecule has 0 saturated carbocycles. The second-order valence-electron chi connectivity index (χ2n) is 6.86. The molecule has 1 amide bonds. The summed E-state index contributed by atoms with van der Waals surface area (Å²) in [5, 5.41) is -0.123. The molecule has 1 saturated heterocycles. The third kappa shape index (κ3) is 4.30. The molecule has 0 aliphatic carbocycles. The van der Waals surface area contributed by atoms with Gasteiger partial charge in [0.15, 0.2) is 6.61 Å². The van der Waals surface area contributed by atoms with Gasteiger partial charge in [0.05, 0.1) is 6.04 Å². The van der Waals surface area contributed by atoms with Gasteiger partial charge in [-0.2, -0.15) is 0 Å². The number of amides is 1. The van der Waals surface area contributed by atoms with Crippen LogP contribution in [0.15, 0.2) is 36.4 Å². The number of aromatic nitrogens is 1. The fourth-order valence-corrected chi connectivity index (χ4v) is 4.36. The first-order valence-corrected chi connectivity index (χ1v) is 10.2. The first kappa shape index (κ1) is 20.2. The van der Waals surface area contributed by atoms with Gasteiger partial charge in [-0.05, 0) is 32.4 Å². The highest BCUT2D eigenvalue weighted by Gasteiger charge is 2.25. The number of ketones is 1. The normalized spacial score (nSPS) is 15.0. The van der Waals surface area contributed by atoms with Crippen LogP contribution in [-0.4, -0.2) is 51.9 Å². The lowest BCUT2D eigenvalue weighted by molar-refractivity contribution is -0.142. The van der Waals surface area contributed by atoms with Crippen LogP contribution in [0.5, 0.6) is 0 Å². The van der Waals surface area contributed by atoms with Crippen LogP contribution in [0.1, 0.15) is 40.3 Å². The highest BCUT2D eigenvalue weighted by atomic mass is 32.2. The van der Waals surface area contributed by atoms with Gasteiger partial charge in [0.2, 0.25) is 5.78 Å². The number of Topliss-reactive ketones (excluding diaryl/α,β-unsaturated/α-hetero) is 1. The molecule has 1 aliphatic rings. The molecular weight excluding hydrogens is 376 g/mol. The summed E-state index contributed by atoms with van der Waals surface area (Å²) >= 11 is 1.19. The summed E-state index contributed by atoms with van der Waals surface area (Å²) in [4.78, 5) is 37.6. The molecule has 6 nitrogen and oxygen atoms in total. The third-order valence-corrected chi connectivity index (χ3v) is 5.88. The number of ether oxygens (including phenoxy) is 1. The van der Waals surface area contributed by atoms with Crippen LogP contribution in [-0.2, 0) is 9.53 Å². The number of aryl methyl sites for hydroxylation is 1. The van der Waals surface area contributed by atoms with E-state index < -0.39 is 5.97 Å². The van der Waals surface area contributed by atoms with Crippen molar-refractivity contribution in [1.29, 1.82) is 0 Å². The van der Waals surface area contributed by atoms with E-state index in [9.17, 15) is 14.4 Å². The average Bonchev–Trinajstić information content (AvgIpc) is 3.22. The molecule has 0 spiro atoms. The molecular formula is C21H24N2O4S. The van der Waals surface area contributed by atoms with E-state index in [2.05, 4.69) is 23.6 Å². The van der Waals surface area contributed by atoms with Crippen LogP contribution in [0.25, 0.3) is 0 Å². The van der Waals surface area contributed by atoms with Gasteiger partial charge in [0, 0.05) is 29.2 Å². The van der Waals surface area contributed by atoms with E-state index in [1.165, 1.54) is 16.7 Å². The third-order valence-electron chi connectivity index (χ3n) is 4.98. The molecule has 0 unspecified atom stereocenters. The number of nitrogens with zero attached hydrogens (tertiary/aromatic N) is 2. The van der Waals surface area contributed by atoms with Crippen molar-refractivity contribution in [1.82, 2.24) is 9.47 Å². The van der Waals surface area contributed by atoms with Crippen molar-refractivity contribution < 1.29 is 19.1 Å². The van der Waals surface area contributed by atoms with Crippen molar-refractivity contribution in [3.8, 4) is 0 Å². The number of carbonyl (C=O) groups is 3. The van der Waals surface area contributed by atoms with E-state index >= 15 is 0 Å². The van der Waals surface area contributed by atoms with E-state index in [1.54, 1.807) is 0 Å². The number of rotatable bonds is 7. The predicted molar refractivity (Wildman–Crippen MR) is 109 cm³/mol. The van der Waals surface area contributed by atoms with Gasteiger partial charge in [0.1, 0.15) is 6.54 Å². The van der Waals surface area contributed by atoms with Crippen LogP contribution in [0, 0.1) is 13.8 Å². The number of carbonyl (C=O) groups excluding carboxylic acids is 3. The van der Waals surface area contributed by atoms with E-state index in [-0.39, 0.29) is 30.2 Å². The largest absolute Gasteiger partial charge is 0.456 e. The molecule has 1 aliphatic heterocycles. The summed E-state index contributed by atoms with van der Waals surface area (Å²) in [6.45, 7) is 6.06. The molecule has 1 atom stereocenters. The van der Waals surface area contributed by atoms with Gasteiger partial charge in [-0.15, -0.1) is 0 Å². The average molecular weight is 401 g/mol. The number of esters is 1. The van der Waals surface area contributed by atoms with Gasteiger partial charge < -0.3 is 14.2 Å². The number of benzene rings is 1. The zero-order valence-electron chi connectivity index (χ0n) is 16.3. The highest BCUT2D eigenvalue weighted by molar-refractivity contribution is 8.13. The standard InChI is InChI=1S/C21H24N2O4S/c1-14-11-18(16(3)23(14)15(2)17-7-5-4-6-8-17)19(24)13-27-20(25)12-22-9-10-28-21(22)26/h4-8,11,15H,9-10,12-13H2,1-3H3/t15-/m1/s1. The molecule has 3 rings (SSSR count). The second-order valence-corrected chi connectivity index (χ2v) is 7.91. The molecule has 2 heterocycles. The number of hydrogen-bond acceptors (Lipinski definition) is 5. The van der Waals surface area contributed by atoms with Crippen LogP contribution in [0.2, 0.25) is 0 Å². The highest BCUT2D eigenvalue weighted by Crippen LogP contribution is 2.26. The molecule has 1 fully saturated rings. The Morgan fingerprint density at radius 2 is 1.93 bits per heavy atom. The van der Waals surface area contributed by atoms with Crippen molar-refractivity contribution in [2.75, 3.05) is 25.4 Å². The lowest BCUT2D eigenvalue weighted by Gasteiger charge is -2.19. The summed E-state index contributed by atoms with van der Waals surface area (Å²) in [5.74, 6) is -0.123. The minimum atomic E-state index is -0.560. The fraction of sp³-hybridized carbons (Fsp3) is 0.381. The summed E-state index contributed by atoms with van der Waals surface area (Å²) < 4.78 is 7.23. The molecule has 0 radical (unpaired) electrons. The topological polar surface area (TPSA) is 68.6 Å². The van der Waals surface area contributed by atoms with Crippen molar-refractivity contribution in [3.63, 3.8) is 0 Å². The van der Waals surface area contributed by atoms with Crippen LogP contribution < -0.4 is 0 Å². The van der Waals surface area contributed by atoms with Crippen LogP contribution in [0.3, 0.4) is 0 Å². The maximum atomic E-state index is 12.6. The van der Waals surface area contributed by atoms with E-state index in [0.717, 1.165) is 17.0 Å². The van der Waals surface area contributed by atoms with Crippen LogP contribution >= 0.6 is 11.8 Å². The quantitative estimate of drug-likeness (QED) is 0.525. The first-order chi connectivity index (χ1) is 13.4. The first-order valence-electron chi connectivity index (χ1n) is 9.22. The zero-order chi connectivity index (χ0) is 20.3. The molecule has 2 aromatic rings. The number of thioether (sulfide) groups is 1. The lowest BCUT2D eigenvalue weighted by Crippen LogP contribution is -2.31. The van der Waals surface area contributed by atoms with Gasteiger partial charge in [-0.1, -0.05) is 42.1 Å². The summed E-state index contributed by atoms with van der Waals surface area (Å²) in [5.41, 5.74) is 3.54.